The summed E-state index contributed by atoms with van der Waals surface area (Å²) in [4.78, 5) is 22.1. The Hall–Kier alpha value is -1.06. The van der Waals surface area contributed by atoms with Crippen LogP contribution in [0.1, 0.15) is 59.8 Å². The van der Waals surface area contributed by atoms with Crippen molar-refractivity contribution in [3.05, 3.63) is 0 Å². The summed E-state index contributed by atoms with van der Waals surface area (Å²) in [6.45, 7) is 7.50. The molecule has 0 saturated carbocycles. The van der Waals surface area contributed by atoms with E-state index in [0.29, 0.717) is 12.8 Å². The summed E-state index contributed by atoms with van der Waals surface area (Å²) in [5, 5.41) is 8.51. The van der Waals surface area contributed by atoms with E-state index < -0.39 is 11.6 Å². The summed E-state index contributed by atoms with van der Waals surface area (Å²) in [5.74, 6) is -1.06. The number of hydrogen-bond donors (Lipinski definition) is 1. The molecule has 0 aromatic carbocycles. The van der Waals surface area contributed by atoms with Crippen LogP contribution in [0.3, 0.4) is 0 Å². The highest BCUT2D eigenvalue weighted by Gasteiger charge is 2.23. The molecule has 1 atom stereocenters. The molecule has 0 heterocycles. The third kappa shape index (κ3) is 8.72. The van der Waals surface area contributed by atoms with Gasteiger partial charge in [-0.05, 0) is 40.0 Å². The Morgan fingerprint density at radius 1 is 1.24 bits per heavy atom. The van der Waals surface area contributed by atoms with Crippen LogP contribution in [0, 0.1) is 5.92 Å². The first kappa shape index (κ1) is 15.9. The molecule has 0 radical (unpaired) electrons. The molecule has 1 unspecified atom stereocenters. The average molecular weight is 244 g/mol. The summed E-state index contributed by atoms with van der Waals surface area (Å²) in [5.41, 5.74) is -0.453. The minimum Gasteiger partial charge on any atom is -0.481 e. The van der Waals surface area contributed by atoms with Crippen LogP contribution >= 0.6 is 0 Å². The zero-order chi connectivity index (χ0) is 13.5. The van der Waals surface area contributed by atoms with Gasteiger partial charge in [-0.3, -0.25) is 9.59 Å². The fourth-order valence-corrected chi connectivity index (χ4v) is 1.54. The summed E-state index contributed by atoms with van der Waals surface area (Å²) in [7, 11) is 0. The Bertz CT molecular complexity index is 253. The average Bonchev–Trinajstić information content (AvgIpc) is 2.14. The lowest BCUT2D eigenvalue weighted by Crippen LogP contribution is -2.28. The Labute approximate surface area is 103 Å². The van der Waals surface area contributed by atoms with Crippen LogP contribution in [0.15, 0.2) is 0 Å². The number of carboxylic acids is 1. The largest absolute Gasteiger partial charge is 0.481 e. The highest BCUT2D eigenvalue weighted by atomic mass is 16.6. The molecule has 0 aromatic heterocycles. The quantitative estimate of drug-likeness (QED) is 0.552. The van der Waals surface area contributed by atoms with Crippen LogP contribution in [0.25, 0.3) is 0 Å². The van der Waals surface area contributed by atoms with Gasteiger partial charge in [0.25, 0.3) is 0 Å². The summed E-state index contributed by atoms with van der Waals surface area (Å²) < 4.78 is 5.31. The molecule has 1 N–H and O–H groups in total. The first-order valence-electron chi connectivity index (χ1n) is 6.21. The number of rotatable bonds is 7. The molecule has 0 bridgehead atoms. The van der Waals surface area contributed by atoms with Gasteiger partial charge in [0.2, 0.25) is 0 Å². The maximum Gasteiger partial charge on any atom is 0.309 e. The molecule has 4 nitrogen and oxygen atoms in total. The second-order valence-corrected chi connectivity index (χ2v) is 5.28. The second kappa shape index (κ2) is 7.30. The molecule has 0 rings (SSSR count). The number of ether oxygens (including phenoxy) is 1. The topological polar surface area (TPSA) is 63.6 Å². The van der Waals surface area contributed by atoms with E-state index in [0.717, 1.165) is 12.8 Å². The molecule has 0 aliphatic heterocycles. The Morgan fingerprint density at radius 3 is 2.24 bits per heavy atom. The number of carboxylic acid groups (broad SMARTS) is 1. The van der Waals surface area contributed by atoms with Crippen LogP contribution in [-0.2, 0) is 14.3 Å². The lowest BCUT2D eigenvalue weighted by molar-refractivity contribution is -0.160. The zero-order valence-corrected chi connectivity index (χ0v) is 11.3. The van der Waals surface area contributed by atoms with E-state index >= 15 is 0 Å². The monoisotopic (exact) mass is 244 g/mol. The van der Waals surface area contributed by atoms with Crippen LogP contribution in [0.5, 0.6) is 0 Å². The molecule has 0 aliphatic rings. The van der Waals surface area contributed by atoms with E-state index in [-0.39, 0.29) is 18.3 Å². The van der Waals surface area contributed by atoms with E-state index in [4.69, 9.17) is 9.84 Å². The lowest BCUT2D eigenvalue weighted by atomic mass is 9.98. The molecule has 17 heavy (non-hydrogen) atoms. The number of aliphatic carboxylic acids is 1. The van der Waals surface area contributed by atoms with E-state index in [2.05, 4.69) is 0 Å². The van der Waals surface area contributed by atoms with Crippen LogP contribution in [0.4, 0.5) is 0 Å². The van der Waals surface area contributed by atoms with Gasteiger partial charge >= 0.3 is 11.9 Å². The highest BCUT2D eigenvalue weighted by Crippen LogP contribution is 2.19. The molecule has 0 spiro atoms. The van der Waals surface area contributed by atoms with E-state index in [9.17, 15) is 9.59 Å². The van der Waals surface area contributed by atoms with Crippen LogP contribution in [-0.4, -0.2) is 22.6 Å². The van der Waals surface area contributed by atoms with Crippen molar-refractivity contribution < 1.29 is 19.4 Å². The number of carbonyl (C=O) groups is 2. The Morgan fingerprint density at radius 2 is 1.82 bits per heavy atom. The van der Waals surface area contributed by atoms with Crippen molar-refractivity contribution in [2.75, 3.05) is 0 Å². The molecule has 0 saturated heterocycles. The third-order valence-corrected chi connectivity index (χ3v) is 2.43. The molecular weight excluding hydrogens is 220 g/mol. The fourth-order valence-electron chi connectivity index (χ4n) is 1.54. The maximum absolute atomic E-state index is 11.8. The Kier molecular flexibility index (Phi) is 6.85. The first-order valence-corrected chi connectivity index (χ1v) is 6.21. The lowest BCUT2D eigenvalue weighted by Gasteiger charge is -2.23. The van der Waals surface area contributed by atoms with E-state index in [1.807, 2.05) is 27.7 Å². The smallest absolute Gasteiger partial charge is 0.309 e. The van der Waals surface area contributed by atoms with Gasteiger partial charge in [0.1, 0.15) is 5.60 Å². The van der Waals surface area contributed by atoms with Gasteiger partial charge in [-0.15, -0.1) is 0 Å². The molecule has 4 heteroatoms. The predicted molar refractivity (Wildman–Crippen MR) is 65.7 cm³/mol. The second-order valence-electron chi connectivity index (χ2n) is 5.28. The van der Waals surface area contributed by atoms with Crippen molar-refractivity contribution in [1.29, 1.82) is 0 Å². The molecule has 100 valence electrons. The molecule has 0 aliphatic carbocycles. The zero-order valence-electron chi connectivity index (χ0n) is 11.3. The van der Waals surface area contributed by atoms with Crippen LogP contribution < -0.4 is 0 Å². The minimum atomic E-state index is -0.782. The predicted octanol–water partition coefficient (Wildman–Crippen LogP) is 3.00. The van der Waals surface area contributed by atoms with Crippen molar-refractivity contribution >= 4 is 11.9 Å². The molecule has 0 fully saturated rings. The standard InChI is InChI=1S/C13H24O4/c1-5-10(8-6-7-9-11(14)15)12(16)17-13(2,3)4/h10H,5-9H2,1-4H3,(H,14,15). The van der Waals surface area contributed by atoms with Gasteiger partial charge in [0.15, 0.2) is 0 Å². The van der Waals surface area contributed by atoms with Gasteiger partial charge in [-0.2, -0.15) is 0 Å². The summed E-state index contributed by atoms with van der Waals surface area (Å²) in [6, 6.07) is 0. The maximum atomic E-state index is 11.8. The van der Waals surface area contributed by atoms with Crippen molar-refractivity contribution in [1.82, 2.24) is 0 Å². The van der Waals surface area contributed by atoms with Gasteiger partial charge in [0, 0.05) is 6.42 Å². The van der Waals surface area contributed by atoms with Gasteiger partial charge < -0.3 is 9.84 Å². The fraction of sp³-hybridized carbons (Fsp3) is 0.846. The van der Waals surface area contributed by atoms with Crippen molar-refractivity contribution in [2.45, 2.75) is 65.4 Å². The SMILES string of the molecule is CCC(CCCCC(=O)O)C(=O)OC(C)(C)C. The van der Waals surface area contributed by atoms with Crippen molar-refractivity contribution in [2.24, 2.45) is 5.92 Å². The van der Waals surface area contributed by atoms with Gasteiger partial charge in [0.05, 0.1) is 5.92 Å². The van der Waals surface area contributed by atoms with E-state index in [1.54, 1.807) is 0 Å². The highest BCUT2D eigenvalue weighted by molar-refractivity contribution is 5.72. The van der Waals surface area contributed by atoms with Gasteiger partial charge in [-0.25, -0.2) is 0 Å². The molecular formula is C13H24O4. The minimum absolute atomic E-state index is 0.108. The van der Waals surface area contributed by atoms with Crippen LogP contribution in [0.2, 0.25) is 0 Å². The van der Waals surface area contributed by atoms with Crippen molar-refractivity contribution in [3.8, 4) is 0 Å². The van der Waals surface area contributed by atoms with Gasteiger partial charge in [-0.1, -0.05) is 13.3 Å². The molecule has 0 amide bonds. The summed E-state index contributed by atoms with van der Waals surface area (Å²) in [6.07, 6.45) is 2.99. The number of esters is 1. The number of unbranched alkanes of at least 4 members (excludes halogenated alkanes) is 1. The summed E-state index contributed by atoms with van der Waals surface area (Å²) >= 11 is 0. The normalized spacial score (nSPS) is 13.2. The Balaban J connectivity index is 3.98. The van der Waals surface area contributed by atoms with Crippen molar-refractivity contribution in [3.63, 3.8) is 0 Å². The number of hydrogen-bond acceptors (Lipinski definition) is 3. The van der Waals surface area contributed by atoms with E-state index in [1.165, 1.54) is 0 Å². The molecule has 0 aromatic rings. The third-order valence-electron chi connectivity index (χ3n) is 2.43. The first-order chi connectivity index (χ1) is 7.76. The number of carbonyl (C=O) groups excluding carboxylic acids is 1.